The van der Waals surface area contributed by atoms with Gasteiger partial charge < -0.3 is 10.4 Å². The lowest BCUT2D eigenvalue weighted by molar-refractivity contribution is -0.138. The first-order valence-electron chi connectivity index (χ1n) is 5.30. The Balaban J connectivity index is 2.26. The van der Waals surface area contributed by atoms with Gasteiger partial charge in [0, 0.05) is 26.1 Å². The third kappa shape index (κ3) is 4.29. The van der Waals surface area contributed by atoms with Crippen molar-refractivity contribution < 1.29 is 14.7 Å². The number of carboxylic acids is 1. The summed E-state index contributed by atoms with van der Waals surface area (Å²) in [6, 6.07) is 0.149. The molecule has 5 heteroatoms. The maximum Gasteiger partial charge on any atom is 0.304 e. The highest BCUT2D eigenvalue weighted by Gasteiger charge is 2.25. The molecule has 0 aromatic heterocycles. The topological polar surface area (TPSA) is 69.6 Å². The third-order valence-electron chi connectivity index (χ3n) is 2.68. The van der Waals surface area contributed by atoms with Crippen molar-refractivity contribution >= 4 is 11.9 Å². The molecule has 1 aliphatic rings. The molecule has 0 aromatic rings. The number of rotatable bonds is 5. The lowest BCUT2D eigenvalue weighted by Crippen LogP contribution is -2.37. The van der Waals surface area contributed by atoms with E-state index >= 15 is 0 Å². The SMILES string of the molecule is CC(=O)NCCN1CCCC1CC(=O)O. The molecule has 2 N–H and O–H groups in total. The zero-order valence-electron chi connectivity index (χ0n) is 9.03. The molecule has 86 valence electrons. The molecule has 1 unspecified atom stereocenters. The molecule has 1 heterocycles. The number of amides is 1. The summed E-state index contributed by atoms with van der Waals surface area (Å²) in [5, 5.41) is 11.4. The predicted molar refractivity (Wildman–Crippen MR) is 55.5 cm³/mol. The fraction of sp³-hybridized carbons (Fsp3) is 0.800. The molecule has 1 aliphatic heterocycles. The minimum atomic E-state index is -0.744. The van der Waals surface area contributed by atoms with Gasteiger partial charge in [0.2, 0.25) is 5.91 Å². The Morgan fingerprint density at radius 2 is 2.27 bits per heavy atom. The quantitative estimate of drug-likeness (QED) is 0.679. The minimum Gasteiger partial charge on any atom is -0.481 e. The first kappa shape index (κ1) is 12.0. The van der Waals surface area contributed by atoms with Crippen molar-refractivity contribution in [3.63, 3.8) is 0 Å². The van der Waals surface area contributed by atoms with Gasteiger partial charge in [0.25, 0.3) is 0 Å². The van der Waals surface area contributed by atoms with E-state index in [1.807, 2.05) is 0 Å². The van der Waals surface area contributed by atoms with Crippen molar-refractivity contribution in [3.05, 3.63) is 0 Å². The van der Waals surface area contributed by atoms with E-state index in [-0.39, 0.29) is 18.4 Å². The van der Waals surface area contributed by atoms with Crippen molar-refractivity contribution in [2.45, 2.75) is 32.2 Å². The van der Waals surface area contributed by atoms with Crippen LogP contribution in [0.15, 0.2) is 0 Å². The average molecular weight is 214 g/mol. The molecule has 1 atom stereocenters. The van der Waals surface area contributed by atoms with Gasteiger partial charge in [0.1, 0.15) is 0 Å². The zero-order valence-corrected chi connectivity index (χ0v) is 9.03. The van der Waals surface area contributed by atoms with Crippen molar-refractivity contribution in [3.8, 4) is 0 Å². The van der Waals surface area contributed by atoms with Gasteiger partial charge in [-0.2, -0.15) is 0 Å². The predicted octanol–water partition coefficient (Wildman–Crippen LogP) is 0.0616. The molecular formula is C10H18N2O3. The Morgan fingerprint density at radius 3 is 2.87 bits per heavy atom. The van der Waals surface area contributed by atoms with Crippen LogP contribution in [0.3, 0.4) is 0 Å². The van der Waals surface area contributed by atoms with Gasteiger partial charge in [-0.3, -0.25) is 14.5 Å². The highest BCUT2D eigenvalue weighted by atomic mass is 16.4. The normalized spacial score (nSPS) is 21.5. The molecule has 0 aromatic carbocycles. The minimum absolute atomic E-state index is 0.0380. The highest BCUT2D eigenvalue weighted by molar-refractivity contribution is 5.72. The van der Waals surface area contributed by atoms with Crippen LogP contribution in [0.2, 0.25) is 0 Å². The number of carboxylic acid groups (broad SMARTS) is 1. The lowest BCUT2D eigenvalue weighted by Gasteiger charge is -2.22. The Kier molecular flexibility index (Phi) is 4.55. The van der Waals surface area contributed by atoms with E-state index in [0.29, 0.717) is 6.54 Å². The van der Waals surface area contributed by atoms with Crippen molar-refractivity contribution in [2.24, 2.45) is 0 Å². The van der Waals surface area contributed by atoms with E-state index < -0.39 is 5.97 Å². The summed E-state index contributed by atoms with van der Waals surface area (Å²) in [5.41, 5.74) is 0. The number of carbonyl (C=O) groups is 2. The molecule has 0 spiro atoms. The number of likely N-dealkylation sites (tertiary alicyclic amines) is 1. The number of hydrogen-bond donors (Lipinski definition) is 2. The fourth-order valence-electron chi connectivity index (χ4n) is 2.00. The molecule has 1 rings (SSSR count). The van der Waals surface area contributed by atoms with Gasteiger partial charge in [-0.05, 0) is 19.4 Å². The summed E-state index contributed by atoms with van der Waals surface area (Å²) in [5.74, 6) is -0.782. The number of hydrogen-bond acceptors (Lipinski definition) is 3. The molecule has 5 nitrogen and oxygen atoms in total. The van der Waals surface area contributed by atoms with Crippen molar-refractivity contribution in [1.29, 1.82) is 0 Å². The molecular weight excluding hydrogens is 196 g/mol. The fourth-order valence-corrected chi connectivity index (χ4v) is 2.00. The van der Waals surface area contributed by atoms with Gasteiger partial charge in [0.05, 0.1) is 6.42 Å². The molecule has 0 bridgehead atoms. The van der Waals surface area contributed by atoms with Gasteiger partial charge in [0.15, 0.2) is 0 Å². The molecule has 0 aliphatic carbocycles. The van der Waals surface area contributed by atoms with E-state index in [1.54, 1.807) is 0 Å². The maximum absolute atomic E-state index is 10.7. The molecule has 0 saturated carbocycles. The monoisotopic (exact) mass is 214 g/mol. The molecule has 0 radical (unpaired) electrons. The van der Waals surface area contributed by atoms with Crippen LogP contribution in [0, 0.1) is 0 Å². The first-order chi connectivity index (χ1) is 7.09. The van der Waals surface area contributed by atoms with Gasteiger partial charge in [-0.1, -0.05) is 0 Å². The van der Waals surface area contributed by atoms with Crippen LogP contribution in [0.4, 0.5) is 0 Å². The van der Waals surface area contributed by atoms with E-state index in [4.69, 9.17) is 5.11 Å². The third-order valence-corrected chi connectivity index (χ3v) is 2.68. The van der Waals surface area contributed by atoms with Crippen LogP contribution in [0.5, 0.6) is 0 Å². The molecule has 1 fully saturated rings. The zero-order chi connectivity index (χ0) is 11.3. The Morgan fingerprint density at radius 1 is 1.53 bits per heavy atom. The van der Waals surface area contributed by atoms with Gasteiger partial charge >= 0.3 is 5.97 Å². The maximum atomic E-state index is 10.7. The second kappa shape index (κ2) is 5.70. The number of carbonyl (C=O) groups excluding carboxylic acids is 1. The van der Waals surface area contributed by atoms with Crippen molar-refractivity contribution in [2.75, 3.05) is 19.6 Å². The molecule has 1 saturated heterocycles. The average Bonchev–Trinajstić information content (AvgIpc) is 2.51. The largest absolute Gasteiger partial charge is 0.481 e. The highest BCUT2D eigenvalue weighted by Crippen LogP contribution is 2.19. The Labute approximate surface area is 89.4 Å². The van der Waals surface area contributed by atoms with Crippen LogP contribution in [0.25, 0.3) is 0 Å². The lowest BCUT2D eigenvalue weighted by atomic mass is 10.1. The second-order valence-corrected chi connectivity index (χ2v) is 3.91. The van der Waals surface area contributed by atoms with Gasteiger partial charge in [-0.25, -0.2) is 0 Å². The van der Waals surface area contributed by atoms with E-state index in [1.165, 1.54) is 6.92 Å². The van der Waals surface area contributed by atoms with Gasteiger partial charge in [-0.15, -0.1) is 0 Å². The van der Waals surface area contributed by atoms with E-state index in [9.17, 15) is 9.59 Å². The smallest absolute Gasteiger partial charge is 0.304 e. The summed E-state index contributed by atoms with van der Waals surface area (Å²) in [4.78, 5) is 23.4. The number of aliphatic carboxylic acids is 1. The van der Waals surface area contributed by atoms with Crippen LogP contribution in [-0.4, -0.2) is 47.6 Å². The molecule has 1 amide bonds. The Bertz CT molecular complexity index is 243. The number of nitrogens with one attached hydrogen (secondary N) is 1. The van der Waals surface area contributed by atoms with E-state index in [2.05, 4.69) is 10.2 Å². The van der Waals surface area contributed by atoms with E-state index in [0.717, 1.165) is 25.9 Å². The second-order valence-electron chi connectivity index (χ2n) is 3.91. The summed E-state index contributed by atoms with van der Waals surface area (Å²) < 4.78 is 0. The van der Waals surface area contributed by atoms with Crippen LogP contribution in [0.1, 0.15) is 26.2 Å². The number of nitrogens with zero attached hydrogens (tertiary/aromatic N) is 1. The Hall–Kier alpha value is -1.10. The van der Waals surface area contributed by atoms with Crippen molar-refractivity contribution in [1.82, 2.24) is 10.2 Å². The summed E-state index contributed by atoms with van der Waals surface area (Å²) >= 11 is 0. The van der Waals surface area contributed by atoms with Crippen LogP contribution in [-0.2, 0) is 9.59 Å². The molecule has 15 heavy (non-hydrogen) atoms. The summed E-state index contributed by atoms with van der Waals surface area (Å²) in [6.07, 6.45) is 2.21. The summed E-state index contributed by atoms with van der Waals surface area (Å²) in [6.45, 7) is 3.78. The van der Waals surface area contributed by atoms with Crippen LogP contribution >= 0.6 is 0 Å². The standard InChI is InChI=1S/C10H18N2O3/c1-8(13)11-4-6-12-5-2-3-9(12)7-10(14)15/h9H,2-7H2,1H3,(H,11,13)(H,14,15). The summed E-state index contributed by atoms with van der Waals surface area (Å²) in [7, 11) is 0. The van der Waals surface area contributed by atoms with Crippen LogP contribution < -0.4 is 5.32 Å². The first-order valence-corrected chi connectivity index (χ1v) is 5.30.